The van der Waals surface area contributed by atoms with E-state index in [1.807, 2.05) is 23.1 Å². The van der Waals surface area contributed by atoms with Gasteiger partial charge in [-0.3, -0.25) is 14.5 Å². The summed E-state index contributed by atoms with van der Waals surface area (Å²) in [5, 5.41) is 3.32. The Balaban J connectivity index is 1.41. The van der Waals surface area contributed by atoms with Gasteiger partial charge in [-0.25, -0.2) is 0 Å². The van der Waals surface area contributed by atoms with Crippen molar-refractivity contribution >= 4 is 11.8 Å². The van der Waals surface area contributed by atoms with Crippen LogP contribution in [0.4, 0.5) is 0 Å². The third kappa shape index (κ3) is 6.14. The van der Waals surface area contributed by atoms with Crippen LogP contribution in [0.15, 0.2) is 54.6 Å². The molecule has 0 radical (unpaired) electrons. The summed E-state index contributed by atoms with van der Waals surface area (Å²) in [6, 6.07) is 17.2. The maximum Gasteiger partial charge on any atom is 0.254 e. The van der Waals surface area contributed by atoms with E-state index in [4.69, 9.17) is 9.47 Å². The topological polar surface area (TPSA) is 74.4 Å². The number of likely N-dealkylation sites (tertiary alicyclic amines) is 1. The van der Waals surface area contributed by atoms with E-state index < -0.39 is 6.04 Å². The fourth-order valence-electron chi connectivity index (χ4n) is 5.77. The summed E-state index contributed by atoms with van der Waals surface area (Å²) in [4.78, 5) is 33.8. The Hall–Kier alpha value is -2.94. The molecule has 3 fully saturated rings. The first kappa shape index (κ1) is 25.7. The van der Waals surface area contributed by atoms with Gasteiger partial charge in [0.2, 0.25) is 5.91 Å². The van der Waals surface area contributed by atoms with Crippen LogP contribution in [0.25, 0.3) is 0 Å². The molecule has 0 aromatic heterocycles. The van der Waals surface area contributed by atoms with Crippen LogP contribution < -0.4 is 10.1 Å². The molecule has 0 bridgehead atoms. The van der Waals surface area contributed by atoms with Gasteiger partial charge in [-0.15, -0.1) is 0 Å². The van der Waals surface area contributed by atoms with Gasteiger partial charge in [0.15, 0.2) is 0 Å². The van der Waals surface area contributed by atoms with Crippen molar-refractivity contribution in [3.63, 3.8) is 0 Å². The molecule has 198 valence electrons. The van der Waals surface area contributed by atoms with Gasteiger partial charge >= 0.3 is 0 Å². The summed E-state index contributed by atoms with van der Waals surface area (Å²) >= 11 is 0. The van der Waals surface area contributed by atoms with Crippen LogP contribution in [0, 0.1) is 0 Å². The Morgan fingerprint density at radius 3 is 2.65 bits per heavy atom. The van der Waals surface area contributed by atoms with Gasteiger partial charge in [-0.2, -0.15) is 0 Å². The average molecular weight is 507 g/mol. The van der Waals surface area contributed by atoms with Gasteiger partial charge < -0.3 is 24.6 Å². The molecule has 0 saturated carbocycles. The zero-order valence-electron chi connectivity index (χ0n) is 21.7. The van der Waals surface area contributed by atoms with Crippen molar-refractivity contribution < 1.29 is 19.1 Å². The number of carbonyl (C=O) groups excluding carboxylic acids is 2. The molecule has 8 nitrogen and oxygen atoms in total. The number of amides is 2. The van der Waals surface area contributed by atoms with E-state index in [2.05, 4.69) is 34.5 Å². The highest BCUT2D eigenvalue weighted by Crippen LogP contribution is 2.29. The summed E-state index contributed by atoms with van der Waals surface area (Å²) in [6.07, 6.45) is 2.94. The van der Waals surface area contributed by atoms with E-state index >= 15 is 0 Å². The standard InChI is InChI=1S/C29H38N4O4/c1-36-25-10-5-9-23(17-25)28(34)33-20-24(18-27(33)29(35)31-14-12-30-13-15-31)32(21-26-11-6-16-37-26)19-22-7-3-2-4-8-22/h2-5,7-10,17,24,26-27,30H,6,11-16,18-21H2,1H3. The summed E-state index contributed by atoms with van der Waals surface area (Å²) in [7, 11) is 1.60. The number of ether oxygens (including phenoxy) is 2. The number of hydrogen-bond acceptors (Lipinski definition) is 6. The molecule has 0 aliphatic carbocycles. The molecule has 3 aliphatic heterocycles. The molecule has 3 atom stereocenters. The molecular formula is C29H38N4O4. The van der Waals surface area contributed by atoms with Gasteiger partial charge in [0.1, 0.15) is 11.8 Å². The summed E-state index contributed by atoms with van der Waals surface area (Å²) in [5.74, 6) is 0.569. The maximum absolute atomic E-state index is 13.8. The minimum atomic E-state index is -0.482. The molecule has 3 saturated heterocycles. The second-order valence-electron chi connectivity index (χ2n) is 10.2. The van der Waals surface area contributed by atoms with Gasteiger partial charge in [0.25, 0.3) is 5.91 Å². The zero-order valence-corrected chi connectivity index (χ0v) is 21.7. The average Bonchev–Trinajstić information content (AvgIpc) is 3.63. The lowest BCUT2D eigenvalue weighted by atomic mass is 10.1. The van der Waals surface area contributed by atoms with E-state index in [-0.39, 0.29) is 24.0 Å². The predicted octanol–water partition coefficient (Wildman–Crippen LogP) is 2.39. The van der Waals surface area contributed by atoms with E-state index in [1.165, 1.54) is 5.56 Å². The van der Waals surface area contributed by atoms with Gasteiger partial charge in [0, 0.05) is 64.0 Å². The molecule has 0 spiro atoms. The number of benzene rings is 2. The first-order valence-electron chi connectivity index (χ1n) is 13.5. The van der Waals surface area contributed by atoms with Crippen LogP contribution in [0.2, 0.25) is 0 Å². The fourth-order valence-corrected chi connectivity index (χ4v) is 5.77. The number of piperazine rings is 1. The molecule has 3 heterocycles. The highest BCUT2D eigenvalue weighted by atomic mass is 16.5. The number of hydrogen-bond donors (Lipinski definition) is 1. The van der Waals surface area contributed by atoms with Crippen LogP contribution in [0.3, 0.4) is 0 Å². The Morgan fingerprint density at radius 2 is 1.92 bits per heavy atom. The van der Waals surface area contributed by atoms with Crippen LogP contribution in [-0.4, -0.2) is 97.7 Å². The summed E-state index contributed by atoms with van der Waals surface area (Å²) < 4.78 is 11.4. The Labute approximate surface area is 219 Å². The highest BCUT2D eigenvalue weighted by molar-refractivity contribution is 5.98. The molecule has 3 aliphatic rings. The Kier molecular flexibility index (Phi) is 8.38. The van der Waals surface area contributed by atoms with Crippen LogP contribution in [-0.2, 0) is 16.1 Å². The maximum atomic E-state index is 13.8. The van der Waals surface area contributed by atoms with E-state index in [1.54, 1.807) is 24.1 Å². The smallest absolute Gasteiger partial charge is 0.254 e. The number of nitrogens with one attached hydrogen (secondary N) is 1. The fraction of sp³-hybridized carbons (Fsp3) is 0.517. The number of nitrogens with zero attached hydrogens (tertiary/aromatic N) is 3. The van der Waals surface area contributed by atoms with Crippen molar-refractivity contribution in [1.29, 1.82) is 0 Å². The monoisotopic (exact) mass is 506 g/mol. The molecule has 2 aromatic rings. The molecule has 1 N–H and O–H groups in total. The number of methoxy groups -OCH3 is 1. The minimum absolute atomic E-state index is 0.0528. The predicted molar refractivity (Wildman–Crippen MR) is 141 cm³/mol. The van der Waals surface area contributed by atoms with E-state index in [0.717, 1.165) is 45.6 Å². The molecule has 37 heavy (non-hydrogen) atoms. The third-order valence-corrected chi connectivity index (χ3v) is 7.78. The lowest BCUT2D eigenvalue weighted by molar-refractivity contribution is -0.135. The second-order valence-corrected chi connectivity index (χ2v) is 10.2. The quantitative estimate of drug-likeness (QED) is 0.593. The van der Waals surface area contributed by atoms with Crippen LogP contribution in [0.1, 0.15) is 35.2 Å². The summed E-state index contributed by atoms with van der Waals surface area (Å²) in [5.41, 5.74) is 1.77. The number of carbonyl (C=O) groups is 2. The van der Waals surface area contributed by atoms with Crippen LogP contribution >= 0.6 is 0 Å². The van der Waals surface area contributed by atoms with Crippen LogP contribution in [0.5, 0.6) is 5.75 Å². The van der Waals surface area contributed by atoms with Gasteiger partial charge in [-0.1, -0.05) is 36.4 Å². The highest BCUT2D eigenvalue weighted by Gasteiger charge is 2.44. The largest absolute Gasteiger partial charge is 0.497 e. The third-order valence-electron chi connectivity index (χ3n) is 7.78. The lowest BCUT2D eigenvalue weighted by Crippen LogP contribution is -2.53. The molecular weight excluding hydrogens is 468 g/mol. The molecule has 2 amide bonds. The first-order valence-corrected chi connectivity index (χ1v) is 13.5. The van der Waals surface area contributed by atoms with E-state index in [9.17, 15) is 9.59 Å². The summed E-state index contributed by atoms with van der Waals surface area (Å²) in [6.45, 7) is 5.79. The Bertz CT molecular complexity index is 1050. The van der Waals surface area contributed by atoms with Crippen molar-refractivity contribution in [2.45, 2.75) is 44.0 Å². The van der Waals surface area contributed by atoms with Crippen molar-refractivity contribution in [3.8, 4) is 5.75 Å². The minimum Gasteiger partial charge on any atom is -0.497 e. The van der Waals surface area contributed by atoms with Crippen molar-refractivity contribution in [2.75, 3.05) is 53.0 Å². The first-order chi connectivity index (χ1) is 18.1. The molecule has 2 aromatic carbocycles. The van der Waals surface area contributed by atoms with Crippen molar-refractivity contribution in [1.82, 2.24) is 20.0 Å². The van der Waals surface area contributed by atoms with Gasteiger partial charge in [-0.05, 0) is 43.0 Å². The zero-order chi connectivity index (χ0) is 25.6. The Morgan fingerprint density at radius 1 is 1.11 bits per heavy atom. The molecule has 8 heteroatoms. The van der Waals surface area contributed by atoms with Gasteiger partial charge in [0.05, 0.1) is 13.2 Å². The lowest BCUT2D eigenvalue weighted by Gasteiger charge is -2.32. The van der Waals surface area contributed by atoms with Crippen molar-refractivity contribution in [2.24, 2.45) is 0 Å². The normalized spacial score (nSPS) is 24.0. The molecule has 3 unspecified atom stereocenters. The van der Waals surface area contributed by atoms with Crippen molar-refractivity contribution in [3.05, 3.63) is 65.7 Å². The number of rotatable bonds is 8. The molecule has 5 rings (SSSR count). The second kappa shape index (κ2) is 12.1. The SMILES string of the molecule is COc1cccc(C(=O)N2CC(N(Cc3ccccc3)CC3CCCO3)CC2C(=O)N2CCNCC2)c1. The van der Waals surface area contributed by atoms with E-state index in [0.29, 0.717) is 37.4 Å².